The zero-order chi connectivity index (χ0) is 12.9. The second kappa shape index (κ2) is 5.74. The van der Waals surface area contributed by atoms with Crippen molar-refractivity contribution in [1.29, 1.82) is 0 Å². The fourth-order valence-electron chi connectivity index (χ4n) is 1.73. The van der Waals surface area contributed by atoms with Crippen LogP contribution in [0, 0.1) is 0 Å². The Bertz CT molecular complexity index is 699. The number of rotatable bonds is 0. The number of hydrogen-bond donors (Lipinski definition) is 0. The average molecular weight is 312 g/mol. The van der Waals surface area contributed by atoms with E-state index in [1.54, 1.807) is 12.4 Å². The molecule has 0 radical (unpaired) electrons. The van der Waals surface area contributed by atoms with Crippen molar-refractivity contribution in [3.05, 3.63) is 65.9 Å². The van der Waals surface area contributed by atoms with Crippen LogP contribution < -0.4 is 0 Å². The van der Waals surface area contributed by atoms with E-state index in [0.29, 0.717) is 20.2 Å². The molecule has 4 aromatic rings. The summed E-state index contributed by atoms with van der Waals surface area (Å²) in [5.74, 6) is 0. The average Bonchev–Trinajstić information content (AvgIpc) is 2.96. The van der Waals surface area contributed by atoms with E-state index >= 15 is 0 Å². The summed E-state index contributed by atoms with van der Waals surface area (Å²) in [5, 5.41) is 9.96. The van der Waals surface area contributed by atoms with Crippen molar-refractivity contribution in [3.63, 3.8) is 0 Å². The molecular formula is C15H11N3Se. The molecule has 3 nitrogen and oxygen atoms in total. The molecule has 0 saturated carbocycles. The smallest absolute Gasteiger partial charge is 0.181 e. The number of hydrogen-bond acceptors (Lipinski definition) is 3. The Labute approximate surface area is 116 Å². The van der Waals surface area contributed by atoms with Gasteiger partial charge in [-0.3, -0.25) is 0 Å². The second-order valence-corrected chi connectivity index (χ2v) is 5.89. The van der Waals surface area contributed by atoms with Crippen LogP contribution in [0.2, 0.25) is 0 Å². The van der Waals surface area contributed by atoms with Crippen LogP contribution in [0.25, 0.3) is 20.7 Å². The van der Waals surface area contributed by atoms with Gasteiger partial charge < -0.3 is 0 Å². The fraction of sp³-hybridized carbons (Fsp3) is 0. The molecule has 0 atom stereocenters. The molecule has 0 saturated heterocycles. The predicted octanol–water partition coefficient (Wildman–Crippen LogP) is 2.92. The minimum atomic E-state index is 0.622. The van der Waals surface area contributed by atoms with Gasteiger partial charge in [-0.2, -0.15) is 5.10 Å². The first kappa shape index (κ1) is 12.0. The summed E-state index contributed by atoms with van der Waals surface area (Å²) >= 11 is 0.622. The fourth-order valence-corrected chi connectivity index (χ4v) is 3.39. The van der Waals surface area contributed by atoms with Gasteiger partial charge in [0.15, 0.2) is 5.65 Å². The monoisotopic (exact) mass is 313 g/mol. The molecule has 3 heterocycles. The van der Waals surface area contributed by atoms with Crippen LogP contribution in [-0.2, 0) is 0 Å². The van der Waals surface area contributed by atoms with Crippen molar-refractivity contribution in [2.75, 3.05) is 0 Å². The molecule has 0 spiro atoms. The van der Waals surface area contributed by atoms with Crippen LogP contribution in [-0.4, -0.2) is 29.7 Å². The number of fused-ring (bicyclic) bond motifs is 2. The zero-order valence-corrected chi connectivity index (χ0v) is 11.8. The van der Waals surface area contributed by atoms with E-state index in [9.17, 15) is 0 Å². The molecule has 0 fully saturated rings. The summed E-state index contributed by atoms with van der Waals surface area (Å²) < 4.78 is 1.52. The number of pyridine rings is 1. The third-order valence-corrected chi connectivity index (χ3v) is 4.54. The molecule has 0 aliphatic rings. The maximum Gasteiger partial charge on any atom is 0.181 e. The van der Waals surface area contributed by atoms with E-state index in [0.717, 1.165) is 5.39 Å². The predicted molar refractivity (Wildman–Crippen MR) is 78.2 cm³/mol. The summed E-state index contributed by atoms with van der Waals surface area (Å²) in [5.41, 5.74) is 0.699. The third kappa shape index (κ3) is 2.87. The van der Waals surface area contributed by atoms with Crippen molar-refractivity contribution < 1.29 is 0 Å². The molecule has 92 valence electrons. The largest absolute Gasteiger partial charge is 0.235 e. The number of aromatic nitrogens is 3. The molecule has 19 heavy (non-hydrogen) atoms. The Balaban J connectivity index is 0.000000117. The summed E-state index contributed by atoms with van der Waals surface area (Å²) in [6.07, 6.45) is 3.36. The van der Waals surface area contributed by atoms with E-state index < -0.39 is 0 Å². The van der Waals surface area contributed by atoms with Gasteiger partial charge in [0.05, 0.1) is 6.20 Å². The molecule has 1 aromatic carbocycles. The van der Waals surface area contributed by atoms with Gasteiger partial charge in [-0.1, -0.05) is 0 Å². The van der Waals surface area contributed by atoms with Gasteiger partial charge in [0.1, 0.15) is 0 Å². The Hall–Kier alpha value is -2.03. The van der Waals surface area contributed by atoms with Gasteiger partial charge in [0.2, 0.25) is 0 Å². The molecule has 0 unspecified atom stereocenters. The standard InChI is InChI=1S/C8H6Se.C7H5N3/c1-2-4-8-7(3-1)5-6-9-8;1-2-6-3-5-9-10-7(6)8-4-1/h1-6H;1-5H. The van der Waals surface area contributed by atoms with E-state index in [2.05, 4.69) is 50.5 Å². The molecular weight excluding hydrogens is 301 g/mol. The van der Waals surface area contributed by atoms with Crippen molar-refractivity contribution in [2.24, 2.45) is 0 Å². The van der Waals surface area contributed by atoms with Crippen molar-refractivity contribution in [3.8, 4) is 0 Å². The molecule has 0 amide bonds. The first-order valence-electron chi connectivity index (χ1n) is 5.88. The first-order chi connectivity index (χ1) is 9.43. The van der Waals surface area contributed by atoms with E-state index in [1.807, 2.05) is 18.2 Å². The third-order valence-electron chi connectivity index (χ3n) is 2.65. The SMILES string of the molecule is c1ccc2[se]ccc2c1.c1cnc2nnccc2c1. The van der Waals surface area contributed by atoms with Crippen molar-refractivity contribution >= 4 is 35.2 Å². The van der Waals surface area contributed by atoms with E-state index in [4.69, 9.17) is 0 Å². The summed E-state index contributed by atoms with van der Waals surface area (Å²) in [7, 11) is 0. The Morgan fingerprint density at radius 3 is 2.58 bits per heavy atom. The van der Waals surface area contributed by atoms with Crippen LogP contribution in [0.3, 0.4) is 0 Å². The maximum absolute atomic E-state index is 4.01. The van der Waals surface area contributed by atoms with Crippen LogP contribution in [0.1, 0.15) is 0 Å². The number of benzene rings is 1. The van der Waals surface area contributed by atoms with Crippen LogP contribution >= 0.6 is 0 Å². The van der Waals surface area contributed by atoms with Crippen LogP contribution in [0.15, 0.2) is 65.9 Å². The molecule has 4 rings (SSSR count). The Morgan fingerprint density at radius 1 is 0.789 bits per heavy atom. The van der Waals surface area contributed by atoms with E-state index in [1.165, 1.54) is 9.65 Å². The summed E-state index contributed by atoms with van der Waals surface area (Å²) in [6, 6.07) is 16.5. The van der Waals surface area contributed by atoms with Crippen LogP contribution in [0.4, 0.5) is 0 Å². The quantitative estimate of drug-likeness (QED) is 0.469. The van der Waals surface area contributed by atoms with Gasteiger partial charge in [-0.15, -0.1) is 5.10 Å². The van der Waals surface area contributed by atoms with Crippen molar-refractivity contribution in [2.45, 2.75) is 0 Å². The molecule has 4 heteroatoms. The zero-order valence-electron chi connectivity index (χ0n) is 10.1. The van der Waals surface area contributed by atoms with Gasteiger partial charge in [0, 0.05) is 11.6 Å². The molecule has 0 bridgehead atoms. The summed E-state index contributed by atoms with van der Waals surface area (Å²) in [4.78, 5) is 6.27. The topological polar surface area (TPSA) is 38.7 Å². The minimum Gasteiger partial charge on any atom is -0.235 e. The molecule has 0 aliphatic heterocycles. The maximum atomic E-state index is 4.01. The molecule has 3 aromatic heterocycles. The van der Waals surface area contributed by atoms with Gasteiger partial charge >= 0.3 is 59.4 Å². The van der Waals surface area contributed by atoms with Gasteiger partial charge in [-0.25, -0.2) is 4.98 Å². The van der Waals surface area contributed by atoms with Crippen molar-refractivity contribution in [1.82, 2.24) is 15.2 Å². The Morgan fingerprint density at radius 2 is 1.68 bits per heavy atom. The van der Waals surface area contributed by atoms with E-state index in [-0.39, 0.29) is 0 Å². The molecule has 0 N–H and O–H groups in total. The molecule has 0 aliphatic carbocycles. The normalized spacial score (nSPS) is 10.1. The van der Waals surface area contributed by atoms with Gasteiger partial charge in [-0.05, 0) is 18.2 Å². The Kier molecular flexibility index (Phi) is 3.63. The first-order valence-corrected chi connectivity index (χ1v) is 7.73. The van der Waals surface area contributed by atoms with Crippen LogP contribution in [0.5, 0.6) is 0 Å². The number of nitrogens with zero attached hydrogens (tertiary/aromatic N) is 3. The minimum absolute atomic E-state index is 0.622. The van der Waals surface area contributed by atoms with Gasteiger partial charge in [0.25, 0.3) is 0 Å². The summed E-state index contributed by atoms with van der Waals surface area (Å²) in [6.45, 7) is 0. The second-order valence-electron chi connectivity index (χ2n) is 3.91.